The predicted molar refractivity (Wildman–Crippen MR) is 121 cm³/mol. The largest absolute Gasteiger partial charge is 0.337 e. The Morgan fingerprint density at radius 2 is 2.06 bits per heavy atom. The number of halogens is 1. The topological polar surface area (TPSA) is 94.2 Å². The Hall–Kier alpha value is -3.30. The second kappa shape index (κ2) is 8.83. The van der Waals surface area contributed by atoms with Gasteiger partial charge in [0.25, 0.3) is 11.6 Å². The Balaban J connectivity index is 1.65. The van der Waals surface area contributed by atoms with Crippen LogP contribution in [0.3, 0.4) is 0 Å². The number of fused-ring (bicyclic) bond motifs is 1. The standard InChI is InChI=1S/C21H18ClN5O3S/c1-14-11-16(22)12-18-19(14)24-21(31-18)26(9-2-8-25-10-7-23-13-25)20(28)15-3-5-17(6-4-15)27(29)30/h3-7,10-13H,2,8-9H2,1H3. The molecule has 2 aromatic carbocycles. The van der Waals surface area contributed by atoms with E-state index in [1.165, 1.54) is 35.6 Å². The van der Waals surface area contributed by atoms with Crippen molar-refractivity contribution in [3.8, 4) is 0 Å². The molecular weight excluding hydrogens is 438 g/mol. The molecule has 2 heterocycles. The summed E-state index contributed by atoms with van der Waals surface area (Å²) in [7, 11) is 0. The molecule has 8 nitrogen and oxygen atoms in total. The highest BCUT2D eigenvalue weighted by Gasteiger charge is 2.22. The number of nitro groups is 1. The molecule has 0 spiro atoms. The minimum Gasteiger partial charge on any atom is -0.337 e. The number of nitro benzene ring substituents is 1. The van der Waals surface area contributed by atoms with Crippen molar-refractivity contribution in [2.45, 2.75) is 19.9 Å². The van der Waals surface area contributed by atoms with Crippen LogP contribution < -0.4 is 4.90 Å². The van der Waals surface area contributed by atoms with E-state index in [1.54, 1.807) is 17.4 Å². The first-order chi connectivity index (χ1) is 14.9. The SMILES string of the molecule is Cc1cc(Cl)cc2sc(N(CCCn3ccnc3)C(=O)c3ccc([N+](=O)[O-])cc3)nc12. The molecule has 0 aliphatic rings. The average molecular weight is 456 g/mol. The number of thiazole rings is 1. The number of hydrogen-bond donors (Lipinski definition) is 0. The first-order valence-corrected chi connectivity index (χ1v) is 10.7. The molecule has 0 atom stereocenters. The van der Waals surface area contributed by atoms with Crippen molar-refractivity contribution in [1.29, 1.82) is 0 Å². The van der Waals surface area contributed by atoms with Crippen molar-refractivity contribution in [3.63, 3.8) is 0 Å². The number of carbonyl (C=O) groups excluding carboxylic acids is 1. The molecule has 0 N–H and O–H groups in total. The van der Waals surface area contributed by atoms with Crippen LogP contribution in [0.4, 0.5) is 10.8 Å². The van der Waals surface area contributed by atoms with Gasteiger partial charge < -0.3 is 4.57 Å². The maximum Gasteiger partial charge on any atom is 0.269 e. The van der Waals surface area contributed by atoms with E-state index in [4.69, 9.17) is 16.6 Å². The molecule has 0 aliphatic heterocycles. The highest BCUT2D eigenvalue weighted by molar-refractivity contribution is 7.22. The molecule has 31 heavy (non-hydrogen) atoms. The molecule has 4 aromatic rings. The van der Waals surface area contributed by atoms with Crippen LogP contribution in [0.25, 0.3) is 10.2 Å². The smallest absolute Gasteiger partial charge is 0.269 e. The molecule has 10 heteroatoms. The van der Waals surface area contributed by atoms with Crippen molar-refractivity contribution in [3.05, 3.63) is 81.4 Å². The summed E-state index contributed by atoms with van der Waals surface area (Å²) in [6.45, 7) is 3.06. The third-order valence-corrected chi connectivity index (χ3v) is 6.04. The second-order valence-corrected chi connectivity index (χ2v) is 8.43. The van der Waals surface area contributed by atoms with E-state index in [2.05, 4.69) is 4.98 Å². The van der Waals surface area contributed by atoms with Crippen molar-refractivity contribution in [1.82, 2.24) is 14.5 Å². The fourth-order valence-corrected chi connectivity index (χ4v) is 4.70. The van der Waals surface area contributed by atoms with Gasteiger partial charge in [-0.05, 0) is 43.2 Å². The number of imidazole rings is 1. The number of aryl methyl sites for hydroxylation is 2. The van der Waals surface area contributed by atoms with Crippen LogP contribution in [-0.2, 0) is 6.54 Å². The molecule has 0 bridgehead atoms. The molecular formula is C21H18ClN5O3S. The third kappa shape index (κ3) is 4.57. The maximum absolute atomic E-state index is 13.3. The van der Waals surface area contributed by atoms with Gasteiger partial charge in [0, 0.05) is 48.2 Å². The van der Waals surface area contributed by atoms with Crippen LogP contribution >= 0.6 is 22.9 Å². The Morgan fingerprint density at radius 3 is 2.74 bits per heavy atom. The number of benzene rings is 2. The minimum absolute atomic E-state index is 0.0616. The summed E-state index contributed by atoms with van der Waals surface area (Å²) >= 11 is 7.58. The van der Waals surface area contributed by atoms with E-state index in [0.717, 1.165) is 15.8 Å². The number of aromatic nitrogens is 3. The van der Waals surface area contributed by atoms with Crippen LogP contribution in [0.1, 0.15) is 22.3 Å². The minimum atomic E-state index is -0.489. The molecule has 0 aliphatic carbocycles. The summed E-state index contributed by atoms with van der Waals surface area (Å²) in [5.74, 6) is -0.261. The van der Waals surface area contributed by atoms with Crippen LogP contribution in [0, 0.1) is 17.0 Å². The highest BCUT2D eigenvalue weighted by Crippen LogP contribution is 2.34. The summed E-state index contributed by atoms with van der Waals surface area (Å²) in [6.07, 6.45) is 5.99. The van der Waals surface area contributed by atoms with Crippen LogP contribution in [-0.4, -0.2) is 31.9 Å². The van der Waals surface area contributed by atoms with Gasteiger partial charge in [-0.3, -0.25) is 19.8 Å². The zero-order chi connectivity index (χ0) is 22.0. The van der Waals surface area contributed by atoms with Crippen LogP contribution in [0.15, 0.2) is 55.1 Å². The van der Waals surface area contributed by atoms with Gasteiger partial charge in [-0.2, -0.15) is 0 Å². The van der Waals surface area contributed by atoms with Gasteiger partial charge in [0.1, 0.15) is 0 Å². The molecule has 4 rings (SSSR count). The summed E-state index contributed by atoms with van der Waals surface area (Å²) in [4.78, 5) is 34.1. The normalized spacial score (nSPS) is 11.0. The lowest BCUT2D eigenvalue weighted by Crippen LogP contribution is -2.32. The summed E-state index contributed by atoms with van der Waals surface area (Å²) < 4.78 is 2.84. The molecule has 0 saturated carbocycles. The molecule has 2 aromatic heterocycles. The maximum atomic E-state index is 13.3. The van der Waals surface area contributed by atoms with Gasteiger partial charge in [0.15, 0.2) is 5.13 Å². The fraction of sp³-hybridized carbons (Fsp3) is 0.190. The van der Waals surface area contributed by atoms with Crippen LogP contribution in [0.5, 0.6) is 0 Å². The fourth-order valence-electron chi connectivity index (χ4n) is 3.25. The van der Waals surface area contributed by atoms with Gasteiger partial charge in [-0.25, -0.2) is 9.97 Å². The Morgan fingerprint density at radius 1 is 1.29 bits per heavy atom. The first-order valence-electron chi connectivity index (χ1n) is 9.51. The number of anilines is 1. The van der Waals surface area contributed by atoms with E-state index in [9.17, 15) is 14.9 Å². The molecule has 0 saturated heterocycles. The number of amides is 1. The molecule has 0 radical (unpaired) electrons. The molecule has 1 amide bonds. The zero-order valence-electron chi connectivity index (χ0n) is 16.6. The summed E-state index contributed by atoms with van der Waals surface area (Å²) in [6, 6.07) is 9.29. The number of carbonyl (C=O) groups is 1. The highest BCUT2D eigenvalue weighted by atomic mass is 35.5. The Kier molecular flexibility index (Phi) is 5.97. The second-order valence-electron chi connectivity index (χ2n) is 6.98. The lowest BCUT2D eigenvalue weighted by molar-refractivity contribution is -0.384. The van der Waals surface area contributed by atoms with E-state index in [-0.39, 0.29) is 11.6 Å². The van der Waals surface area contributed by atoms with E-state index >= 15 is 0 Å². The zero-order valence-corrected chi connectivity index (χ0v) is 18.1. The van der Waals surface area contributed by atoms with Crippen LogP contribution in [0.2, 0.25) is 5.02 Å². The molecule has 0 unspecified atom stereocenters. The predicted octanol–water partition coefficient (Wildman–Crippen LogP) is 5.10. The van der Waals surface area contributed by atoms with E-state index in [1.807, 2.05) is 29.8 Å². The molecule has 0 fully saturated rings. The lowest BCUT2D eigenvalue weighted by atomic mass is 10.2. The number of hydrogen-bond acceptors (Lipinski definition) is 6. The third-order valence-electron chi connectivity index (χ3n) is 4.80. The van der Waals surface area contributed by atoms with Crippen molar-refractivity contribution >= 4 is 49.9 Å². The quantitative estimate of drug-likeness (QED) is 0.285. The first kappa shape index (κ1) is 21.0. The monoisotopic (exact) mass is 455 g/mol. The van der Waals surface area contributed by atoms with Gasteiger partial charge in [-0.1, -0.05) is 22.9 Å². The number of rotatable bonds is 7. The number of nitrogens with zero attached hydrogens (tertiary/aromatic N) is 5. The van der Waals surface area contributed by atoms with Gasteiger partial charge in [0.2, 0.25) is 0 Å². The summed E-state index contributed by atoms with van der Waals surface area (Å²) in [5, 5.41) is 12.1. The van der Waals surface area contributed by atoms with Gasteiger partial charge in [0.05, 0.1) is 21.5 Å². The van der Waals surface area contributed by atoms with E-state index < -0.39 is 4.92 Å². The summed E-state index contributed by atoms with van der Waals surface area (Å²) in [5.41, 5.74) is 2.04. The Bertz CT molecular complexity index is 1240. The molecule has 158 valence electrons. The van der Waals surface area contributed by atoms with Gasteiger partial charge >= 0.3 is 0 Å². The number of non-ortho nitro benzene ring substituents is 1. The van der Waals surface area contributed by atoms with Crippen molar-refractivity contribution in [2.75, 3.05) is 11.4 Å². The van der Waals surface area contributed by atoms with Crippen molar-refractivity contribution in [2.24, 2.45) is 0 Å². The van der Waals surface area contributed by atoms with Crippen molar-refractivity contribution < 1.29 is 9.72 Å². The van der Waals surface area contributed by atoms with Gasteiger partial charge in [-0.15, -0.1) is 0 Å². The van der Waals surface area contributed by atoms with E-state index in [0.29, 0.717) is 35.2 Å². The average Bonchev–Trinajstić information content (AvgIpc) is 3.40. The Labute approximate surface area is 186 Å². The lowest BCUT2D eigenvalue weighted by Gasteiger charge is -2.20.